The Bertz CT molecular complexity index is 909. The maximum atomic E-state index is 12.6. The van der Waals surface area contributed by atoms with Crippen LogP contribution in [0.4, 0.5) is 5.69 Å². The van der Waals surface area contributed by atoms with Gasteiger partial charge in [-0.25, -0.2) is 0 Å². The van der Waals surface area contributed by atoms with Gasteiger partial charge in [-0.3, -0.25) is 9.78 Å². The van der Waals surface area contributed by atoms with Gasteiger partial charge in [0.25, 0.3) is 5.91 Å². The number of nitrogens with one attached hydrogen (secondary N) is 1. The van der Waals surface area contributed by atoms with Crippen LogP contribution in [0.1, 0.15) is 21.6 Å². The predicted molar refractivity (Wildman–Crippen MR) is 99.3 cm³/mol. The van der Waals surface area contributed by atoms with Gasteiger partial charge in [0, 0.05) is 39.5 Å². The van der Waals surface area contributed by atoms with E-state index < -0.39 is 0 Å². The smallest absolute Gasteiger partial charge is 0.255 e. The third kappa shape index (κ3) is 3.63. The van der Waals surface area contributed by atoms with E-state index in [-0.39, 0.29) is 5.91 Å². The largest absolute Gasteiger partial charge is 0.380 e. The van der Waals surface area contributed by atoms with E-state index in [1.165, 1.54) is 0 Å². The molecular weight excluding hydrogens is 368 g/mol. The summed E-state index contributed by atoms with van der Waals surface area (Å²) in [6, 6.07) is 15.2. The van der Waals surface area contributed by atoms with Crippen LogP contribution in [0.3, 0.4) is 0 Å². The molecule has 0 saturated heterocycles. The number of hydrogen-bond donors (Lipinski definition) is 1. The highest BCUT2D eigenvalue weighted by Gasteiger charge is 2.11. The number of fused-ring (bicyclic) bond motifs is 1. The van der Waals surface area contributed by atoms with E-state index in [4.69, 9.17) is 4.74 Å². The molecule has 3 rings (SSSR count). The number of anilines is 1. The fourth-order valence-electron chi connectivity index (χ4n) is 2.51. The quantitative estimate of drug-likeness (QED) is 0.708. The van der Waals surface area contributed by atoms with Gasteiger partial charge in [-0.05, 0) is 43.3 Å². The highest BCUT2D eigenvalue weighted by molar-refractivity contribution is 9.10. The standard InChI is InChI=1S/C19H17BrN2O2/c1-12-3-4-13-9-14(6-8-17(13)21-12)19(23)22-18-10-16(20)7-5-15(18)11-24-2/h3-10H,11H2,1-2H3,(H,22,23). The first-order valence-electron chi connectivity index (χ1n) is 7.53. The van der Waals surface area contributed by atoms with Crippen molar-refractivity contribution in [3.63, 3.8) is 0 Å². The molecule has 0 aliphatic carbocycles. The van der Waals surface area contributed by atoms with Crippen molar-refractivity contribution in [1.82, 2.24) is 4.98 Å². The number of nitrogens with zero attached hydrogens (tertiary/aromatic N) is 1. The molecule has 1 amide bonds. The minimum atomic E-state index is -0.159. The molecule has 3 aromatic rings. The molecule has 0 atom stereocenters. The monoisotopic (exact) mass is 384 g/mol. The molecule has 122 valence electrons. The molecule has 5 heteroatoms. The second-order valence-electron chi connectivity index (χ2n) is 5.55. The molecule has 1 heterocycles. The zero-order valence-electron chi connectivity index (χ0n) is 13.5. The average Bonchev–Trinajstić information content (AvgIpc) is 2.57. The van der Waals surface area contributed by atoms with Crippen molar-refractivity contribution in [1.29, 1.82) is 0 Å². The van der Waals surface area contributed by atoms with Crippen molar-refractivity contribution >= 4 is 38.4 Å². The van der Waals surface area contributed by atoms with E-state index in [2.05, 4.69) is 26.2 Å². The van der Waals surface area contributed by atoms with Crippen LogP contribution in [0.15, 0.2) is 53.0 Å². The summed E-state index contributed by atoms with van der Waals surface area (Å²) in [5, 5.41) is 3.90. The number of halogens is 1. The van der Waals surface area contributed by atoms with E-state index >= 15 is 0 Å². The third-order valence-corrected chi connectivity index (χ3v) is 4.20. The minimum Gasteiger partial charge on any atom is -0.380 e. The van der Waals surface area contributed by atoms with Crippen molar-refractivity contribution in [2.45, 2.75) is 13.5 Å². The summed E-state index contributed by atoms with van der Waals surface area (Å²) in [7, 11) is 1.63. The molecule has 1 aromatic heterocycles. The summed E-state index contributed by atoms with van der Waals surface area (Å²) in [5.74, 6) is -0.159. The number of carbonyl (C=O) groups is 1. The molecule has 0 aliphatic heterocycles. The maximum absolute atomic E-state index is 12.6. The zero-order chi connectivity index (χ0) is 17.1. The van der Waals surface area contributed by atoms with E-state index in [0.29, 0.717) is 12.2 Å². The van der Waals surface area contributed by atoms with Crippen LogP contribution < -0.4 is 5.32 Å². The fraction of sp³-hybridized carbons (Fsp3) is 0.158. The first-order chi connectivity index (χ1) is 11.6. The van der Waals surface area contributed by atoms with Crippen LogP contribution in [-0.2, 0) is 11.3 Å². The normalized spacial score (nSPS) is 10.8. The molecule has 0 saturated carbocycles. The van der Waals surface area contributed by atoms with Gasteiger partial charge in [-0.2, -0.15) is 0 Å². The van der Waals surface area contributed by atoms with E-state index in [1.807, 2.05) is 49.4 Å². The highest BCUT2D eigenvalue weighted by atomic mass is 79.9. The van der Waals surface area contributed by atoms with Crippen molar-refractivity contribution in [3.8, 4) is 0 Å². The van der Waals surface area contributed by atoms with Crippen LogP contribution in [0, 0.1) is 6.92 Å². The lowest BCUT2D eigenvalue weighted by Crippen LogP contribution is -2.13. The van der Waals surface area contributed by atoms with Gasteiger partial charge in [0.2, 0.25) is 0 Å². The minimum absolute atomic E-state index is 0.159. The van der Waals surface area contributed by atoms with Crippen LogP contribution in [0.25, 0.3) is 10.9 Å². The Kier molecular flexibility index (Phi) is 4.92. The van der Waals surface area contributed by atoms with Gasteiger partial charge in [0.15, 0.2) is 0 Å². The summed E-state index contributed by atoms with van der Waals surface area (Å²) < 4.78 is 6.09. The first-order valence-corrected chi connectivity index (χ1v) is 8.32. The summed E-state index contributed by atoms with van der Waals surface area (Å²) in [6.07, 6.45) is 0. The number of rotatable bonds is 4. The van der Waals surface area contributed by atoms with Crippen LogP contribution >= 0.6 is 15.9 Å². The van der Waals surface area contributed by atoms with E-state index in [0.717, 1.165) is 32.3 Å². The molecule has 2 aromatic carbocycles. The van der Waals surface area contributed by atoms with Crippen molar-refractivity contribution in [2.24, 2.45) is 0 Å². The zero-order valence-corrected chi connectivity index (χ0v) is 15.1. The van der Waals surface area contributed by atoms with Crippen LogP contribution in [-0.4, -0.2) is 18.0 Å². The number of aryl methyl sites for hydroxylation is 1. The molecule has 0 aliphatic rings. The lowest BCUT2D eigenvalue weighted by molar-refractivity contribution is 0.102. The number of amides is 1. The van der Waals surface area contributed by atoms with Gasteiger partial charge in [0.1, 0.15) is 0 Å². The number of methoxy groups -OCH3 is 1. The second-order valence-corrected chi connectivity index (χ2v) is 6.46. The Balaban J connectivity index is 1.90. The number of benzene rings is 2. The molecule has 0 fully saturated rings. The molecule has 0 bridgehead atoms. The topological polar surface area (TPSA) is 51.2 Å². The SMILES string of the molecule is COCc1ccc(Br)cc1NC(=O)c1ccc2nc(C)ccc2c1. The molecule has 24 heavy (non-hydrogen) atoms. The number of carbonyl (C=O) groups excluding carboxylic acids is 1. The third-order valence-electron chi connectivity index (χ3n) is 3.71. The Morgan fingerprint density at radius 3 is 2.79 bits per heavy atom. The summed E-state index contributed by atoms with van der Waals surface area (Å²) in [5.41, 5.74) is 4.09. The Morgan fingerprint density at radius 1 is 1.17 bits per heavy atom. The van der Waals surface area contributed by atoms with E-state index in [1.54, 1.807) is 13.2 Å². The lowest BCUT2D eigenvalue weighted by Gasteiger charge is -2.12. The predicted octanol–water partition coefficient (Wildman–Crippen LogP) is 4.70. The number of hydrogen-bond acceptors (Lipinski definition) is 3. The van der Waals surface area contributed by atoms with Crippen LogP contribution in [0.5, 0.6) is 0 Å². The number of pyridine rings is 1. The first kappa shape index (κ1) is 16.6. The van der Waals surface area contributed by atoms with Gasteiger partial charge in [0.05, 0.1) is 12.1 Å². The Hall–Kier alpha value is -2.24. The van der Waals surface area contributed by atoms with Crippen LogP contribution in [0.2, 0.25) is 0 Å². The number of aromatic nitrogens is 1. The molecule has 0 radical (unpaired) electrons. The van der Waals surface area contributed by atoms with Gasteiger partial charge in [-0.1, -0.05) is 28.1 Å². The van der Waals surface area contributed by atoms with Crippen molar-refractivity contribution in [3.05, 3.63) is 69.8 Å². The molecule has 0 unspecified atom stereocenters. The van der Waals surface area contributed by atoms with Crippen molar-refractivity contribution < 1.29 is 9.53 Å². The van der Waals surface area contributed by atoms with Gasteiger partial charge >= 0.3 is 0 Å². The van der Waals surface area contributed by atoms with E-state index in [9.17, 15) is 4.79 Å². The molecular formula is C19H17BrN2O2. The summed E-state index contributed by atoms with van der Waals surface area (Å²) in [4.78, 5) is 17.1. The van der Waals surface area contributed by atoms with Gasteiger partial charge < -0.3 is 10.1 Å². The second kappa shape index (κ2) is 7.11. The number of ether oxygens (including phenoxy) is 1. The molecule has 4 nitrogen and oxygen atoms in total. The highest BCUT2D eigenvalue weighted by Crippen LogP contribution is 2.23. The Labute approximate surface area is 149 Å². The molecule has 1 N–H and O–H groups in total. The lowest BCUT2D eigenvalue weighted by atomic mass is 10.1. The van der Waals surface area contributed by atoms with Crippen molar-refractivity contribution in [2.75, 3.05) is 12.4 Å². The molecule has 0 spiro atoms. The summed E-state index contributed by atoms with van der Waals surface area (Å²) >= 11 is 3.43. The van der Waals surface area contributed by atoms with Gasteiger partial charge in [-0.15, -0.1) is 0 Å². The fourth-order valence-corrected chi connectivity index (χ4v) is 2.87. The summed E-state index contributed by atoms with van der Waals surface area (Å²) in [6.45, 7) is 2.38. The maximum Gasteiger partial charge on any atom is 0.255 e. The Morgan fingerprint density at radius 2 is 2.00 bits per heavy atom. The average molecular weight is 385 g/mol.